The number of nitrogens with two attached hydrogens (primary N) is 1. The summed E-state index contributed by atoms with van der Waals surface area (Å²) in [5.74, 6) is 0.375. The van der Waals surface area contributed by atoms with Crippen molar-refractivity contribution in [2.75, 3.05) is 5.73 Å². The normalized spacial score (nSPS) is 11.8. The summed E-state index contributed by atoms with van der Waals surface area (Å²) in [5, 5.41) is 9.92. The number of rotatable bonds is 2. The molecule has 0 bridgehead atoms. The fourth-order valence-electron chi connectivity index (χ4n) is 1.73. The molecule has 0 radical (unpaired) electrons. The predicted octanol–water partition coefficient (Wildman–Crippen LogP) is 2.73. The monoisotopic (exact) mass is 295 g/mol. The van der Waals surface area contributed by atoms with Crippen molar-refractivity contribution >= 4 is 5.82 Å². The van der Waals surface area contributed by atoms with E-state index in [0.29, 0.717) is 5.69 Å². The number of benzene rings is 1. The van der Waals surface area contributed by atoms with Crippen LogP contribution in [0.1, 0.15) is 5.56 Å². The molecule has 3 aromatic rings. The van der Waals surface area contributed by atoms with E-state index in [1.165, 1.54) is 18.2 Å². The Balaban J connectivity index is 1.97. The van der Waals surface area contributed by atoms with Gasteiger partial charge in [0, 0.05) is 11.6 Å². The lowest BCUT2D eigenvalue weighted by Gasteiger charge is -2.06. The van der Waals surface area contributed by atoms with Gasteiger partial charge in [0.1, 0.15) is 11.5 Å². The quantitative estimate of drug-likeness (QED) is 0.758. The number of nitrogens with one attached hydrogen (secondary N) is 1. The molecule has 0 saturated heterocycles. The molecular formula is C12H8F3N5O. The van der Waals surface area contributed by atoms with Crippen molar-refractivity contribution in [2.24, 2.45) is 0 Å². The van der Waals surface area contributed by atoms with Crippen molar-refractivity contribution in [3.8, 4) is 23.0 Å². The fraction of sp³-hybridized carbons (Fsp3) is 0.0833. The van der Waals surface area contributed by atoms with Gasteiger partial charge in [0.2, 0.25) is 5.82 Å². The largest absolute Gasteiger partial charge is 0.416 e. The van der Waals surface area contributed by atoms with Crippen LogP contribution in [0, 0.1) is 0 Å². The summed E-state index contributed by atoms with van der Waals surface area (Å²) in [4.78, 5) is 4.02. The van der Waals surface area contributed by atoms with Gasteiger partial charge in [0.25, 0.3) is 5.89 Å². The van der Waals surface area contributed by atoms with E-state index in [4.69, 9.17) is 10.3 Å². The van der Waals surface area contributed by atoms with Crippen LogP contribution in [0.15, 0.2) is 34.9 Å². The highest BCUT2D eigenvalue weighted by Gasteiger charge is 2.30. The first-order chi connectivity index (χ1) is 9.93. The minimum absolute atomic E-state index is 0.0456. The third-order valence-corrected chi connectivity index (χ3v) is 2.70. The number of hydrogen-bond acceptors (Lipinski definition) is 5. The molecule has 0 aliphatic carbocycles. The van der Waals surface area contributed by atoms with Crippen LogP contribution in [0.25, 0.3) is 23.0 Å². The molecular weight excluding hydrogens is 287 g/mol. The number of aromatic nitrogens is 4. The Bertz CT molecular complexity index is 777. The Morgan fingerprint density at radius 3 is 2.67 bits per heavy atom. The second kappa shape index (κ2) is 4.62. The van der Waals surface area contributed by atoms with E-state index < -0.39 is 11.7 Å². The number of anilines is 1. The van der Waals surface area contributed by atoms with Crippen LogP contribution >= 0.6 is 0 Å². The number of aromatic amines is 1. The molecule has 0 spiro atoms. The summed E-state index contributed by atoms with van der Waals surface area (Å²) in [6.45, 7) is 0. The molecule has 21 heavy (non-hydrogen) atoms. The lowest BCUT2D eigenvalue weighted by Crippen LogP contribution is -2.04. The number of nitrogens with zero attached hydrogens (tertiary/aromatic N) is 3. The van der Waals surface area contributed by atoms with E-state index in [0.717, 1.165) is 12.1 Å². The van der Waals surface area contributed by atoms with Gasteiger partial charge in [-0.3, -0.25) is 5.10 Å². The van der Waals surface area contributed by atoms with Crippen LogP contribution in [0.2, 0.25) is 0 Å². The SMILES string of the molecule is Nc1cc(-c2nc(-c3cccc(C(F)(F)F)c3)no2)[nH]n1. The van der Waals surface area contributed by atoms with Crippen molar-refractivity contribution in [1.29, 1.82) is 0 Å². The summed E-state index contributed by atoms with van der Waals surface area (Å²) in [6, 6.07) is 6.15. The number of hydrogen-bond donors (Lipinski definition) is 2. The standard InChI is InChI=1S/C12H8F3N5O/c13-12(14,15)7-3-1-2-6(4-7)10-17-11(21-20-10)8-5-9(16)19-18-8/h1-5H,(H3,16,18,19). The second-order valence-corrected chi connectivity index (χ2v) is 4.21. The summed E-state index contributed by atoms with van der Waals surface area (Å²) in [6.07, 6.45) is -4.43. The molecule has 0 fully saturated rings. The van der Waals surface area contributed by atoms with Crippen molar-refractivity contribution in [1.82, 2.24) is 20.3 Å². The zero-order chi connectivity index (χ0) is 15.0. The molecule has 3 rings (SSSR count). The van der Waals surface area contributed by atoms with Crippen LogP contribution in [0.5, 0.6) is 0 Å². The van der Waals surface area contributed by atoms with E-state index in [2.05, 4.69) is 20.3 Å². The van der Waals surface area contributed by atoms with E-state index in [-0.39, 0.29) is 23.1 Å². The predicted molar refractivity (Wildman–Crippen MR) is 66.7 cm³/mol. The Kier molecular flexibility index (Phi) is 2.89. The van der Waals surface area contributed by atoms with Gasteiger partial charge in [0.05, 0.1) is 5.56 Å². The highest BCUT2D eigenvalue weighted by molar-refractivity contribution is 5.60. The molecule has 0 aliphatic rings. The van der Waals surface area contributed by atoms with Crippen molar-refractivity contribution in [3.63, 3.8) is 0 Å². The first kappa shape index (κ1) is 13.2. The number of alkyl halides is 3. The molecule has 1 aromatic carbocycles. The van der Waals surface area contributed by atoms with Gasteiger partial charge in [0.15, 0.2) is 0 Å². The topological polar surface area (TPSA) is 93.6 Å². The average Bonchev–Trinajstić information content (AvgIpc) is 3.06. The van der Waals surface area contributed by atoms with Crippen LogP contribution in [-0.2, 0) is 6.18 Å². The van der Waals surface area contributed by atoms with Gasteiger partial charge >= 0.3 is 6.18 Å². The zero-order valence-corrected chi connectivity index (χ0v) is 10.3. The molecule has 0 aliphatic heterocycles. The molecule has 2 heterocycles. The van der Waals surface area contributed by atoms with Crippen molar-refractivity contribution in [3.05, 3.63) is 35.9 Å². The first-order valence-electron chi connectivity index (χ1n) is 5.76. The lowest BCUT2D eigenvalue weighted by molar-refractivity contribution is -0.137. The maximum Gasteiger partial charge on any atom is 0.416 e. The Labute approximate surface area is 115 Å². The minimum Gasteiger partial charge on any atom is -0.382 e. The van der Waals surface area contributed by atoms with Crippen molar-refractivity contribution in [2.45, 2.75) is 6.18 Å². The fourth-order valence-corrected chi connectivity index (χ4v) is 1.73. The molecule has 9 heteroatoms. The van der Waals surface area contributed by atoms with E-state index >= 15 is 0 Å². The molecule has 0 unspecified atom stereocenters. The van der Waals surface area contributed by atoms with Gasteiger partial charge in [-0.25, -0.2) is 0 Å². The maximum atomic E-state index is 12.7. The van der Waals surface area contributed by atoms with Crippen LogP contribution < -0.4 is 5.73 Å². The molecule has 108 valence electrons. The number of nitrogen functional groups attached to an aromatic ring is 1. The van der Waals surface area contributed by atoms with Gasteiger partial charge in [-0.05, 0) is 12.1 Å². The Hall–Kier alpha value is -2.84. The smallest absolute Gasteiger partial charge is 0.382 e. The third kappa shape index (κ3) is 2.57. The summed E-state index contributed by atoms with van der Waals surface area (Å²) in [5.41, 5.74) is 5.25. The molecule has 6 nitrogen and oxygen atoms in total. The van der Waals surface area contributed by atoms with Crippen LogP contribution in [-0.4, -0.2) is 20.3 Å². The van der Waals surface area contributed by atoms with E-state index in [9.17, 15) is 13.2 Å². The molecule has 0 amide bonds. The average molecular weight is 295 g/mol. The van der Waals surface area contributed by atoms with Gasteiger partial charge < -0.3 is 10.3 Å². The van der Waals surface area contributed by atoms with Crippen molar-refractivity contribution < 1.29 is 17.7 Å². The second-order valence-electron chi connectivity index (χ2n) is 4.21. The van der Waals surface area contributed by atoms with Crippen LogP contribution in [0.4, 0.5) is 19.0 Å². The minimum atomic E-state index is -4.43. The zero-order valence-electron chi connectivity index (χ0n) is 10.3. The van der Waals surface area contributed by atoms with Gasteiger partial charge in [-0.1, -0.05) is 17.3 Å². The van der Waals surface area contributed by atoms with E-state index in [1.54, 1.807) is 0 Å². The Morgan fingerprint density at radius 1 is 1.19 bits per heavy atom. The summed E-state index contributed by atoms with van der Waals surface area (Å²) >= 11 is 0. The third-order valence-electron chi connectivity index (χ3n) is 2.70. The molecule has 3 N–H and O–H groups in total. The lowest BCUT2D eigenvalue weighted by atomic mass is 10.1. The van der Waals surface area contributed by atoms with Gasteiger partial charge in [-0.15, -0.1) is 0 Å². The molecule has 0 saturated carbocycles. The van der Waals surface area contributed by atoms with Crippen LogP contribution in [0.3, 0.4) is 0 Å². The first-order valence-corrected chi connectivity index (χ1v) is 5.76. The van der Waals surface area contributed by atoms with Gasteiger partial charge in [-0.2, -0.15) is 23.3 Å². The summed E-state index contributed by atoms with van der Waals surface area (Å²) in [7, 11) is 0. The number of H-pyrrole nitrogens is 1. The molecule has 2 aromatic heterocycles. The number of halogens is 3. The highest BCUT2D eigenvalue weighted by atomic mass is 19.4. The van der Waals surface area contributed by atoms with E-state index in [1.807, 2.05) is 0 Å². The maximum absolute atomic E-state index is 12.7. The summed E-state index contributed by atoms with van der Waals surface area (Å²) < 4.78 is 43.0. The Morgan fingerprint density at radius 2 is 2.00 bits per heavy atom. The molecule has 0 atom stereocenters. The highest BCUT2D eigenvalue weighted by Crippen LogP contribution is 2.31.